The molecule has 0 saturated heterocycles. The van der Waals surface area contributed by atoms with E-state index in [0.29, 0.717) is 22.4 Å². The van der Waals surface area contributed by atoms with Crippen molar-refractivity contribution in [1.29, 1.82) is 0 Å². The number of amides is 3. The van der Waals surface area contributed by atoms with Gasteiger partial charge in [-0.2, -0.15) is 0 Å². The van der Waals surface area contributed by atoms with Gasteiger partial charge in [0.1, 0.15) is 29.4 Å². The summed E-state index contributed by atoms with van der Waals surface area (Å²) in [6.45, 7) is 6.89. The second kappa shape index (κ2) is 12.9. The van der Waals surface area contributed by atoms with Crippen LogP contribution in [0.3, 0.4) is 0 Å². The zero-order valence-electron chi connectivity index (χ0n) is 29.7. The lowest BCUT2D eigenvalue weighted by molar-refractivity contribution is -0.135. The molecule has 1 spiro atoms. The number of oxazole rings is 1. The number of rotatable bonds is 8. The second-order valence-corrected chi connectivity index (χ2v) is 14.6. The maximum Gasteiger partial charge on any atom is 0.273 e. The highest BCUT2D eigenvalue weighted by Gasteiger charge is 2.61. The number of carbonyl (C=O) groups is 4. The largest absolute Gasteiger partial charge is 0.469 e. The molecule has 6 N–H and O–H groups in total. The van der Waals surface area contributed by atoms with Crippen LogP contribution in [0.25, 0.3) is 10.9 Å². The minimum absolute atomic E-state index is 0.0545. The molecule has 3 aliphatic heterocycles. The number of para-hydroxylation sites is 2. The van der Waals surface area contributed by atoms with E-state index < -0.39 is 47.6 Å². The third-order valence-electron chi connectivity index (χ3n) is 10.5. The molecule has 272 valence electrons. The molecule has 5 atom stereocenters. The first kappa shape index (κ1) is 34.2. The number of Topliss-reactive ketones (excluding diaryl/α,β-unsaturated/α-hetero) is 1. The first-order valence-electron chi connectivity index (χ1n) is 17.8. The number of aliphatic hydroxyl groups is 1. The molecule has 3 unspecified atom stereocenters. The fraction of sp³-hybridized carbons (Fsp3) is 0.325. The number of H-pyrrole nitrogens is 1. The molecule has 5 heterocycles. The van der Waals surface area contributed by atoms with Crippen LogP contribution in [-0.4, -0.2) is 63.5 Å². The van der Waals surface area contributed by atoms with E-state index in [1.807, 2.05) is 74.5 Å². The Morgan fingerprint density at radius 3 is 2.57 bits per heavy atom. The van der Waals surface area contributed by atoms with E-state index in [1.54, 1.807) is 26.1 Å². The number of fused-ring (bicyclic) bond motifs is 5. The number of nitrogens with zero attached hydrogens (tertiary/aromatic N) is 1. The Bertz CT molecular complexity index is 2290. The molecule has 13 nitrogen and oxygen atoms in total. The molecule has 3 amide bonds. The van der Waals surface area contributed by atoms with Gasteiger partial charge >= 0.3 is 0 Å². The van der Waals surface area contributed by atoms with Gasteiger partial charge in [-0.15, -0.1) is 0 Å². The van der Waals surface area contributed by atoms with Crippen molar-refractivity contribution in [3.63, 3.8) is 0 Å². The van der Waals surface area contributed by atoms with Crippen LogP contribution in [0.5, 0.6) is 5.75 Å². The number of aromatic nitrogens is 2. The molecule has 3 aromatic carbocycles. The van der Waals surface area contributed by atoms with Crippen LogP contribution < -0.4 is 26.0 Å². The predicted molar refractivity (Wildman–Crippen MR) is 194 cm³/mol. The van der Waals surface area contributed by atoms with Gasteiger partial charge in [-0.05, 0) is 41.2 Å². The number of aliphatic hydroxyl groups excluding tert-OH is 1. The number of ether oxygens (including phenoxy) is 1. The van der Waals surface area contributed by atoms with Gasteiger partial charge in [0.25, 0.3) is 5.91 Å². The first-order valence-corrected chi connectivity index (χ1v) is 17.8. The van der Waals surface area contributed by atoms with Gasteiger partial charge in [-0.1, -0.05) is 76.2 Å². The number of benzene rings is 3. The van der Waals surface area contributed by atoms with E-state index in [0.717, 1.165) is 22.2 Å². The van der Waals surface area contributed by atoms with Crippen LogP contribution in [0.4, 0.5) is 5.69 Å². The smallest absolute Gasteiger partial charge is 0.273 e. The Labute approximate surface area is 304 Å². The summed E-state index contributed by atoms with van der Waals surface area (Å²) < 4.78 is 13.3. The summed E-state index contributed by atoms with van der Waals surface area (Å²) in [5, 5.41) is 23.3. The molecule has 5 aromatic rings. The van der Waals surface area contributed by atoms with Crippen LogP contribution >= 0.6 is 0 Å². The SMILES string of the molecule is CC(C)[C@H](O)C(=O)NC1Cc2ccc3c(c2)C2(c4ccccc4NC2O3)c2oc(nc2C(=O)NCC(=O)c2c[nH]c3ccccc23)[C@H](C(C)C)NC1=O. The minimum atomic E-state index is -1.32. The monoisotopic (exact) mass is 716 g/mol. The third kappa shape index (κ3) is 5.54. The molecular weight excluding hydrogens is 676 g/mol. The first-order chi connectivity index (χ1) is 25.5. The standard InChI is InChI=1S/C40H40N6O7/c1-19(2)31-38-46-32(36(50)42-18-29(47)23-17-41-26-11-7-5-9-22(23)26)34(53-38)40-24-10-6-8-12-27(24)44-39(40)52-30-14-13-21(15-25(30)40)16-28(35(49)45-31)43-37(51)33(48)20(3)4/h5-15,17,19-20,28,31,33,39,41,44,48H,16,18H2,1-4H3,(H,42,50)(H,43,51)(H,45,49)/t28?,31-,33-,39?,40?/m0/s1. The molecule has 0 radical (unpaired) electrons. The van der Waals surface area contributed by atoms with Crippen molar-refractivity contribution >= 4 is 40.1 Å². The highest BCUT2D eigenvalue weighted by Crippen LogP contribution is 2.58. The van der Waals surface area contributed by atoms with Gasteiger partial charge in [0, 0.05) is 40.3 Å². The van der Waals surface area contributed by atoms with Crippen molar-refractivity contribution in [3.05, 3.63) is 113 Å². The number of aromatic amines is 1. The van der Waals surface area contributed by atoms with Crippen molar-refractivity contribution in [2.75, 3.05) is 11.9 Å². The lowest BCUT2D eigenvalue weighted by atomic mass is 9.72. The fourth-order valence-electron chi connectivity index (χ4n) is 7.66. The lowest BCUT2D eigenvalue weighted by Crippen LogP contribution is -2.52. The van der Waals surface area contributed by atoms with Crippen molar-refractivity contribution in [1.82, 2.24) is 25.9 Å². The number of hydrogen-bond donors (Lipinski definition) is 6. The maximum atomic E-state index is 14.4. The van der Waals surface area contributed by atoms with Crippen molar-refractivity contribution in [2.45, 2.75) is 63.9 Å². The highest BCUT2D eigenvalue weighted by molar-refractivity contribution is 6.10. The van der Waals surface area contributed by atoms with Gasteiger partial charge in [-0.25, -0.2) is 4.98 Å². The van der Waals surface area contributed by atoms with E-state index in [4.69, 9.17) is 14.1 Å². The molecule has 3 aliphatic rings. The minimum Gasteiger partial charge on any atom is -0.469 e. The summed E-state index contributed by atoms with van der Waals surface area (Å²) in [7, 11) is 0. The van der Waals surface area contributed by atoms with Crippen LogP contribution in [0.1, 0.15) is 82.9 Å². The molecule has 0 saturated carbocycles. The summed E-state index contributed by atoms with van der Waals surface area (Å²) in [6, 6.07) is 18.7. The van der Waals surface area contributed by atoms with Crippen molar-refractivity contribution < 1.29 is 33.4 Å². The zero-order valence-corrected chi connectivity index (χ0v) is 29.7. The summed E-state index contributed by atoms with van der Waals surface area (Å²) in [4.78, 5) is 62.9. The van der Waals surface area contributed by atoms with E-state index >= 15 is 0 Å². The van der Waals surface area contributed by atoms with Gasteiger partial charge in [0.15, 0.2) is 23.5 Å². The summed E-state index contributed by atoms with van der Waals surface area (Å²) in [5.41, 5.74) is 2.94. The van der Waals surface area contributed by atoms with Crippen LogP contribution in [-0.2, 0) is 21.4 Å². The average molecular weight is 717 g/mol. The number of ketones is 1. The topological polar surface area (TPSA) is 188 Å². The molecule has 4 bridgehead atoms. The lowest BCUT2D eigenvalue weighted by Gasteiger charge is -2.29. The molecule has 13 heteroatoms. The molecular formula is C40H40N6O7. The van der Waals surface area contributed by atoms with E-state index in [-0.39, 0.29) is 47.9 Å². The van der Waals surface area contributed by atoms with Gasteiger partial charge in [-0.3, -0.25) is 19.2 Å². The normalized spacial score (nSPS) is 21.8. The maximum absolute atomic E-state index is 14.4. The molecule has 2 aromatic heterocycles. The van der Waals surface area contributed by atoms with Crippen LogP contribution in [0.2, 0.25) is 0 Å². The Morgan fingerprint density at radius 2 is 1.77 bits per heavy atom. The number of anilines is 1. The number of hydrogen-bond acceptors (Lipinski definition) is 9. The average Bonchev–Trinajstić information content (AvgIpc) is 3.91. The Kier molecular flexibility index (Phi) is 8.33. The molecule has 8 rings (SSSR count). The Hall–Kier alpha value is -5.95. The van der Waals surface area contributed by atoms with Crippen molar-refractivity contribution in [2.24, 2.45) is 11.8 Å². The second-order valence-electron chi connectivity index (χ2n) is 14.6. The highest BCUT2D eigenvalue weighted by atomic mass is 16.5. The third-order valence-corrected chi connectivity index (χ3v) is 10.5. The fourth-order valence-corrected chi connectivity index (χ4v) is 7.66. The van der Waals surface area contributed by atoms with E-state index in [1.165, 1.54) is 0 Å². The summed E-state index contributed by atoms with van der Waals surface area (Å²) >= 11 is 0. The quantitative estimate of drug-likeness (QED) is 0.129. The molecule has 53 heavy (non-hydrogen) atoms. The van der Waals surface area contributed by atoms with E-state index in [2.05, 4.69) is 26.3 Å². The van der Waals surface area contributed by atoms with Gasteiger partial charge in [0.05, 0.1) is 6.54 Å². The van der Waals surface area contributed by atoms with Crippen molar-refractivity contribution in [3.8, 4) is 5.75 Å². The zero-order chi connectivity index (χ0) is 37.2. The van der Waals surface area contributed by atoms with Crippen LogP contribution in [0.15, 0.2) is 77.3 Å². The van der Waals surface area contributed by atoms with Gasteiger partial charge < -0.3 is 40.5 Å². The van der Waals surface area contributed by atoms with Gasteiger partial charge in [0.2, 0.25) is 17.7 Å². The predicted octanol–water partition coefficient (Wildman–Crippen LogP) is 4.12. The van der Waals surface area contributed by atoms with E-state index in [9.17, 15) is 24.3 Å². The number of nitrogens with one attached hydrogen (secondary N) is 5. The molecule has 0 fully saturated rings. The summed E-state index contributed by atoms with van der Waals surface area (Å²) in [5.74, 6) is -1.94. The van der Waals surface area contributed by atoms with Crippen LogP contribution in [0, 0.1) is 11.8 Å². The number of carbonyl (C=O) groups excluding carboxylic acids is 4. The Morgan fingerprint density at radius 1 is 1.00 bits per heavy atom. The molecule has 0 aliphatic carbocycles. The Balaban J connectivity index is 1.26. The summed E-state index contributed by atoms with van der Waals surface area (Å²) in [6.07, 6.45) is -0.324.